The first-order valence-electron chi connectivity index (χ1n) is 7.74. The number of benzene rings is 1. The number of hydrogen-bond acceptors (Lipinski definition) is 3. The molecule has 0 saturated heterocycles. The molecule has 2 rings (SSSR count). The summed E-state index contributed by atoms with van der Waals surface area (Å²) in [6.07, 6.45) is 5.20. The van der Waals surface area contributed by atoms with Crippen LogP contribution >= 0.6 is 0 Å². The van der Waals surface area contributed by atoms with Gasteiger partial charge >= 0.3 is 0 Å². The highest BCUT2D eigenvalue weighted by atomic mass is 16.5. The van der Waals surface area contributed by atoms with E-state index in [1.165, 1.54) is 0 Å². The van der Waals surface area contributed by atoms with Gasteiger partial charge in [-0.05, 0) is 44.9 Å². The second-order valence-corrected chi connectivity index (χ2v) is 5.93. The van der Waals surface area contributed by atoms with Gasteiger partial charge in [0.2, 0.25) is 0 Å². The van der Waals surface area contributed by atoms with Crippen molar-refractivity contribution in [3.63, 3.8) is 0 Å². The Morgan fingerprint density at radius 2 is 2.00 bits per heavy atom. The van der Waals surface area contributed by atoms with E-state index >= 15 is 0 Å². The van der Waals surface area contributed by atoms with E-state index in [4.69, 9.17) is 4.74 Å². The number of rotatable bonds is 6. The highest BCUT2D eigenvalue weighted by Crippen LogP contribution is 2.25. The van der Waals surface area contributed by atoms with Gasteiger partial charge in [0.1, 0.15) is 5.75 Å². The summed E-state index contributed by atoms with van der Waals surface area (Å²) in [5.41, 5.74) is 9.94. The number of hydrazine groups is 1. The molecule has 0 bridgehead atoms. The van der Waals surface area contributed by atoms with Crippen LogP contribution in [0.1, 0.15) is 25.8 Å². The van der Waals surface area contributed by atoms with E-state index in [2.05, 4.69) is 29.6 Å². The standard InChI is InChI=1S/C19H24N2O2/c1-13(2)16-8-7-15(4)18(11-16)20-21-19(22)12-23-17-9-5-14(3)6-10-17/h5-7,9-11,16,20H,1,8,12H2,2-4H3,(H,21,22). The SMILES string of the molecule is C=C(C)C1C=C(NNC(=O)COc2ccc(C)cc2)C(C)=CC1. The Balaban J connectivity index is 1.82. The van der Waals surface area contributed by atoms with Crippen molar-refractivity contribution in [2.45, 2.75) is 27.2 Å². The molecule has 1 aliphatic carbocycles. The van der Waals surface area contributed by atoms with E-state index < -0.39 is 0 Å². The fourth-order valence-corrected chi connectivity index (χ4v) is 2.25. The molecule has 1 aromatic rings. The highest BCUT2D eigenvalue weighted by molar-refractivity contribution is 5.77. The summed E-state index contributed by atoms with van der Waals surface area (Å²) in [7, 11) is 0. The quantitative estimate of drug-likeness (QED) is 0.625. The third kappa shape index (κ3) is 5.02. The van der Waals surface area contributed by atoms with E-state index in [-0.39, 0.29) is 12.5 Å². The summed E-state index contributed by atoms with van der Waals surface area (Å²) in [6, 6.07) is 7.60. The topological polar surface area (TPSA) is 50.4 Å². The van der Waals surface area contributed by atoms with Crippen LogP contribution in [0, 0.1) is 12.8 Å². The lowest BCUT2D eigenvalue weighted by Crippen LogP contribution is -2.40. The van der Waals surface area contributed by atoms with Crippen molar-refractivity contribution in [3.8, 4) is 5.75 Å². The van der Waals surface area contributed by atoms with Crippen LogP contribution in [0.4, 0.5) is 0 Å². The lowest BCUT2D eigenvalue weighted by atomic mass is 9.90. The van der Waals surface area contributed by atoms with Crippen molar-refractivity contribution in [1.82, 2.24) is 10.9 Å². The van der Waals surface area contributed by atoms with Gasteiger partial charge in [-0.15, -0.1) is 0 Å². The van der Waals surface area contributed by atoms with Gasteiger partial charge in [-0.25, -0.2) is 0 Å². The lowest BCUT2D eigenvalue weighted by Gasteiger charge is -2.21. The summed E-state index contributed by atoms with van der Waals surface area (Å²) in [5.74, 6) is 0.764. The maximum Gasteiger partial charge on any atom is 0.276 e. The second kappa shape index (κ2) is 7.68. The number of amides is 1. The first-order valence-corrected chi connectivity index (χ1v) is 7.74. The summed E-state index contributed by atoms with van der Waals surface area (Å²) >= 11 is 0. The molecule has 0 aliphatic heterocycles. The number of aryl methyl sites for hydroxylation is 1. The van der Waals surface area contributed by atoms with Crippen LogP contribution < -0.4 is 15.6 Å². The zero-order valence-corrected chi connectivity index (χ0v) is 14.0. The zero-order valence-electron chi connectivity index (χ0n) is 14.0. The van der Waals surface area contributed by atoms with E-state index in [9.17, 15) is 4.79 Å². The highest BCUT2D eigenvalue weighted by Gasteiger charge is 2.14. The molecule has 1 aliphatic rings. The van der Waals surface area contributed by atoms with Crippen LogP contribution in [0.5, 0.6) is 5.75 Å². The first kappa shape index (κ1) is 16.9. The summed E-state index contributed by atoms with van der Waals surface area (Å²) in [4.78, 5) is 11.9. The van der Waals surface area contributed by atoms with Gasteiger partial charge in [-0.3, -0.25) is 15.6 Å². The van der Waals surface area contributed by atoms with Crippen molar-refractivity contribution < 1.29 is 9.53 Å². The molecule has 4 nitrogen and oxygen atoms in total. The van der Waals surface area contributed by atoms with Crippen molar-refractivity contribution in [1.29, 1.82) is 0 Å². The minimum absolute atomic E-state index is 0.0317. The van der Waals surface area contributed by atoms with Crippen molar-refractivity contribution in [2.75, 3.05) is 6.61 Å². The molecule has 0 fully saturated rings. The van der Waals surface area contributed by atoms with Crippen LogP contribution in [0.3, 0.4) is 0 Å². The van der Waals surface area contributed by atoms with Crippen molar-refractivity contribution in [3.05, 3.63) is 65.4 Å². The molecule has 0 aromatic heterocycles. The van der Waals surface area contributed by atoms with E-state index in [1.807, 2.05) is 45.0 Å². The van der Waals surface area contributed by atoms with Crippen LogP contribution in [0.25, 0.3) is 0 Å². The van der Waals surface area contributed by atoms with Gasteiger partial charge in [0, 0.05) is 5.92 Å². The number of nitrogens with one attached hydrogen (secondary N) is 2. The van der Waals surface area contributed by atoms with E-state index in [0.717, 1.165) is 28.8 Å². The molecule has 0 spiro atoms. The molecule has 1 atom stereocenters. The van der Waals surface area contributed by atoms with E-state index in [1.54, 1.807) is 0 Å². The molecule has 23 heavy (non-hydrogen) atoms. The second-order valence-electron chi connectivity index (χ2n) is 5.93. The molecule has 0 heterocycles. The Morgan fingerprint density at radius 3 is 2.65 bits per heavy atom. The third-order valence-electron chi connectivity index (χ3n) is 3.83. The zero-order chi connectivity index (χ0) is 16.8. The van der Waals surface area contributed by atoms with Gasteiger partial charge in [-0.2, -0.15) is 0 Å². The predicted molar refractivity (Wildman–Crippen MR) is 92.7 cm³/mol. The number of allylic oxidation sites excluding steroid dienone is 4. The van der Waals surface area contributed by atoms with Gasteiger partial charge in [-0.1, -0.05) is 42.0 Å². The molecular formula is C19H24N2O2. The third-order valence-corrected chi connectivity index (χ3v) is 3.83. The molecule has 1 aromatic carbocycles. The van der Waals surface area contributed by atoms with Crippen molar-refractivity contribution in [2.24, 2.45) is 5.92 Å². The van der Waals surface area contributed by atoms with Gasteiger partial charge in [0.25, 0.3) is 5.91 Å². The maximum absolute atomic E-state index is 11.9. The summed E-state index contributed by atoms with van der Waals surface area (Å²) in [6.45, 7) is 10.00. The Labute approximate surface area is 137 Å². The fraction of sp³-hybridized carbons (Fsp3) is 0.316. The number of hydrogen-bond donors (Lipinski definition) is 2. The van der Waals surface area contributed by atoms with Crippen LogP contribution in [0.15, 0.2) is 59.8 Å². The Morgan fingerprint density at radius 1 is 1.30 bits per heavy atom. The number of carbonyl (C=O) groups is 1. The molecule has 0 radical (unpaired) electrons. The van der Waals surface area contributed by atoms with Crippen LogP contribution in [0.2, 0.25) is 0 Å². The minimum Gasteiger partial charge on any atom is -0.484 e. The average molecular weight is 312 g/mol. The van der Waals surface area contributed by atoms with Gasteiger partial charge in [0.15, 0.2) is 6.61 Å². The van der Waals surface area contributed by atoms with Gasteiger partial charge < -0.3 is 4.74 Å². The van der Waals surface area contributed by atoms with Gasteiger partial charge in [0.05, 0.1) is 5.70 Å². The largest absolute Gasteiger partial charge is 0.484 e. The average Bonchev–Trinajstić information content (AvgIpc) is 2.53. The molecule has 1 unspecified atom stereocenters. The van der Waals surface area contributed by atoms with Crippen LogP contribution in [-0.4, -0.2) is 12.5 Å². The Hall–Kier alpha value is -2.49. The number of carbonyl (C=O) groups excluding carboxylic acids is 1. The molecule has 122 valence electrons. The summed E-state index contributed by atoms with van der Waals surface area (Å²) < 4.78 is 5.45. The normalized spacial score (nSPS) is 16.9. The van der Waals surface area contributed by atoms with Crippen molar-refractivity contribution >= 4 is 5.91 Å². The Bertz CT molecular complexity index is 642. The predicted octanol–water partition coefficient (Wildman–Crippen LogP) is 3.42. The smallest absolute Gasteiger partial charge is 0.276 e. The maximum atomic E-state index is 11.9. The fourth-order valence-electron chi connectivity index (χ4n) is 2.25. The number of ether oxygens (including phenoxy) is 1. The van der Waals surface area contributed by atoms with E-state index in [0.29, 0.717) is 11.7 Å². The lowest BCUT2D eigenvalue weighted by molar-refractivity contribution is -0.123. The minimum atomic E-state index is -0.225. The van der Waals surface area contributed by atoms with Crippen LogP contribution in [-0.2, 0) is 4.79 Å². The molecule has 0 saturated carbocycles. The molecule has 2 N–H and O–H groups in total. The molecule has 4 heteroatoms. The molecular weight excluding hydrogens is 288 g/mol. The molecule has 1 amide bonds. The monoisotopic (exact) mass is 312 g/mol. The first-order chi connectivity index (χ1) is 11.0. The Kier molecular flexibility index (Phi) is 5.63. The summed E-state index contributed by atoms with van der Waals surface area (Å²) in [5, 5.41) is 0.